The topological polar surface area (TPSA) is 46.5 Å². The smallest absolute Gasteiger partial charge is 0.449 e. The summed E-state index contributed by atoms with van der Waals surface area (Å²) in [6, 6.07) is 10.2. The van der Waals surface area contributed by atoms with Crippen molar-refractivity contribution in [2.45, 2.75) is 53.4 Å². The molecule has 0 saturated heterocycles. The van der Waals surface area contributed by atoms with Gasteiger partial charge in [0.15, 0.2) is 0 Å². The Morgan fingerprint density at radius 1 is 1.00 bits per heavy atom. The number of unbranched alkanes of at least 4 members (excludes halogenated alkanes) is 2. The van der Waals surface area contributed by atoms with Gasteiger partial charge in [-0.2, -0.15) is 0 Å². The first kappa shape index (κ1) is 18.1. The van der Waals surface area contributed by atoms with Crippen molar-refractivity contribution in [2.24, 2.45) is 0 Å². The molecule has 0 atom stereocenters. The van der Waals surface area contributed by atoms with E-state index >= 15 is 0 Å². The molecule has 0 unspecified atom stereocenters. The standard InChI is InChI=1S/C21H26O3/c1-5-6-7-10-17-11-8-9-12-18(17)19-13-20(24-21(22)23)16(4)14(2)15(19)3/h8-9,11-13H,5-7,10H2,1-4H3,(H,22,23). The van der Waals surface area contributed by atoms with E-state index < -0.39 is 6.16 Å². The van der Waals surface area contributed by atoms with Crippen LogP contribution in [0, 0.1) is 20.8 Å². The highest BCUT2D eigenvalue weighted by molar-refractivity contribution is 5.75. The molecule has 2 aromatic rings. The molecule has 24 heavy (non-hydrogen) atoms. The minimum atomic E-state index is -1.27. The SMILES string of the molecule is CCCCCc1ccccc1-c1cc(OC(=O)O)c(C)c(C)c1C. The van der Waals surface area contributed by atoms with Crippen LogP contribution < -0.4 is 4.74 Å². The third-order valence-corrected chi connectivity index (χ3v) is 4.73. The van der Waals surface area contributed by atoms with E-state index in [0.717, 1.165) is 29.5 Å². The summed E-state index contributed by atoms with van der Waals surface area (Å²) in [5, 5.41) is 8.99. The number of benzene rings is 2. The largest absolute Gasteiger partial charge is 0.511 e. The average molecular weight is 326 g/mol. The normalized spacial score (nSPS) is 10.7. The van der Waals surface area contributed by atoms with Gasteiger partial charge in [0.25, 0.3) is 0 Å². The fourth-order valence-corrected chi connectivity index (χ4v) is 3.06. The van der Waals surface area contributed by atoms with Crippen LogP contribution in [0.25, 0.3) is 11.1 Å². The lowest BCUT2D eigenvalue weighted by Gasteiger charge is -2.17. The number of ether oxygens (including phenoxy) is 1. The number of rotatable bonds is 6. The first-order valence-corrected chi connectivity index (χ1v) is 8.55. The van der Waals surface area contributed by atoms with Gasteiger partial charge in [0, 0.05) is 0 Å². The van der Waals surface area contributed by atoms with E-state index in [2.05, 4.69) is 32.0 Å². The Morgan fingerprint density at radius 2 is 1.71 bits per heavy atom. The van der Waals surface area contributed by atoms with Crippen molar-refractivity contribution in [3.63, 3.8) is 0 Å². The third-order valence-electron chi connectivity index (χ3n) is 4.73. The van der Waals surface area contributed by atoms with Crippen molar-refractivity contribution >= 4 is 6.16 Å². The molecule has 0 bridgehead atoms. The minimum absolute atomic E-state index is 0.420. The van der Waals surface area contributed by atoms with Gasteiger partial charge in [0.05, 0.1) is 0 Å². The molecular formula is C21H26O3. The van der Waals surface area contributed by atoms with Crippen molar-refractivity contribution < 1.29 is 14.6 Å². The monoisotopic (exact) mass is 326 g/mol. The molecule has 0 aliphatic carbocycles. The molecule has 1 N–H and O–H groups in total. The molecule has 3 heteroatoms. The Hall–Kier alpha value is -2.29. The van der Waals surface area contributed by atoms with Gasteiger partial charge in [-0.15, -0.1) is 0 Å². The van der Waals surface area contributed by atoms with Crippen molar-refractivity contribution in [1.29, 1.82) is 0 Å². The highest BCUT2D eigenvalue weighted by Crippen LogP contribution is 2.36. The summed E-state index contributed by atoms with van der Waals surface area (Å²) in [7, 11) is 0. The molecule has 2 rings (SSSR count). The maximum Gasteiger partial charge on any atom is 0.511 e. The van der Waals surface area contributed by atoms with Crippen molar-refractivity contribution in [3.05, 3.63) is 52.6 Å². The summed E-state index contributed by atoms with van der Waals surface area (Å²) in [5.74, 6) is 0.420. The molecule has 0 aliphatic rings. The summed E-state index contributed by atoms with van der Waals surface area (Å²) in [6.45, 7) is 8.21. The van der Waals surface area contributed by atoms with E-state index in [1.54, 1.807) is 0 Å². The number of aryl methyl sites for hydroxylation is 1. The van der Waals surface area contributed by atoms with Crippen LogP contribution in [0.15, 0.2) is 30.3 Å². The van der Waals surface area contributed by atoms with Crippen molar-refractivity contribution in [1.82, 2.24) is 0 Å². The highest BCUT2D eigenvalue weighted by atomic mass is 16.7. The van der Waals surface area contributed by atoms with Crippen LogP contribution in [-0.4, -0.2) is 11.3 Å². The van der Waals surface area contributed by atoms with Crippen LogP contribution >= 0.6 is 0 Å². The van der Waals surface area contributed by atoms with E-state index in [1.807, 2.05) is 26.0 Å². The lowest BCUT2D eigenvalue weighted by Crippen LogP contribution is -2.06. The van der Waals surface area contributed by atoms with Crippen LogP contribution in [0.1, 0.15) is 48.4 Å². The van der Waals surface area contributed by atoms with E-state index in [4.69, 9.17) is 9.84 Å². The molecule has 0 aromatic heterocycles. The van der Waals surface area contributed by atoms with Gasteiger partial charge in [-0.3, -0.25) is 0 Å². The number of hydrogen-bond donors (Lipinski definition) is 1. The van der Waals surface area contributed by atoms with Gasteiger partial charge >= 0.3 is 6.16 Å². The number of carboxylic acid groups (broad SMARTS) is 1. The second-order valence-electron chi connectivity index (χ2n) is 6.28. The van der Waals surface area contributed by atoms with Gasteiger partial charge in [0.1, 0.15) is 5.75 Å². The molecule has 0 amide bonds. The highest BCUT2D eigenvalue weighted by Gasteiger charge is 2.16. The lowest BCUT2D eigenvalue weighted by molar-refractivity contribution is 0.144. The van der Waals surface area contributed by atoms with E-state index in [1.165, 1.54) is 29.5 Å². The second-order valence-corrected chi connectivity index (χ2v) is 6.28. The van der Waals surface area contributed by atoms with Gasteiger partial charge in [-0.25, -0.2) is 4.79 Å². The van der Waals surface area contributed by atoms with Crippen LogP contribution in [0.4, 0.5) is 4.79 Å². The summed E-state index contributed by atoms with van der Waals surface area (Å²) >= 11 is 0. The summed E-state index contributed by atoms with van der Waals surface area (Å²) in [4.78, 5) is 11.0. The van der Waals surface area contributed by atoms with Crippen LogP contribution in [0.2, 0.25) is 0 Å². The quantitative estimate of drug-likeness (QED) is 0.398. The maximum atomic E-state index is 11.0. The van der Waals surface area contributed by atoms with Gasteiger partial charge in [-0.1, -0.05) is 44.0 Å². The average Bonchev–Trinajstić information content (AvgIpc) is 2.56. The fraction of sp³-hybridized carbons (Fsp3) is 0.381. The second kappa shape index (κ2) is 8.00. The minimum Gasteiger partial charge on any atom is -0.449 e. The van der Waals surface area contributed by atoms with Gasteiger partial charge in [0.2, 0.25) is 0 Å². The zero-order valence-corrected chi connectivity index (χ0v) is 15.0. The zero-order chi connectivity index (χ0) is 17.7. The molecule has 0 saturated carbocycles. The zero-order valence-electron chi connectivity index (χ0n) is 15.0. The molecule has 0 fully saturated rings. The fourth-order valence-electron chi connectivity index (χ4n) is 3.06. The van der Waals surface area contributed by atoms with E-state index in [0.29, 0.717) is 5.75 Å². The molecular weight excluding hydrogens is 300 g/mol. The van der Waals surface area contributed by atoms with Crippen molar-refractivity contribution in [2.75, 3.05) is 0 Å². The molecule has 2 aromatic carbocycles. The van der Waals surface area contributed by atoms with Crippen LogP contribution in [0.3, 0.4) is 0 Å². The first-order chi connectivity index (χ1) is 11.5. The van der Waals surface area contributed by atoms with E-state index in [9.17, 15) is 4.79 Å². The first-order valence-electron chi connectivity index (χ1n) is 8.55. The van der Waals surface area contributed by atoms with Gasteiger partial charge in [-0.05, 0) is 73.1 Å². The molecule has 0 radical (unpaired) electrons. The summed E-state index contributed by atoms with van der Waals surface area (Å²) in [6.07, 6.45) is 3.33. The predicted molar refractivity (Wildman–Crippen MR) is 98.0 cm³/mol. The Morgan fingerprint density at radius 3 is 2.38 bits per heavy atom. The summed E-state index contributed by atoms with van der Waals surface area (Å²) in [5.41, 5.74) is 6.66. The Bertz CT molecular complexity index is 732. The van der Waals surface area contributed by atoms with Crippen molar-refractivity contribution in [3.8, 4) is 16.9 Å². The molecule has 128 valence electrons. The molecule has 0 aliphatic heterocycles. The maximum absolute atomic E-state index is 11.0. The molecule has 3 nitrogen and oxygen atoms in total. The van der Waals surface area contributed by atoms with Crippen LogP contribution in [-0.2, 0) is 6.42 Å². The predicted octanol–water partition coefficient (Wildman–Crippen LogP) is 6.07. The number of carbonyl (C=O) groups is 1. The Balaban J connectivity index is 2.52. The molecule has 0 heterocycles. The summed E-state index contributed by atoms with van der Waals surface area (Å²) < 4.78 is 5.00. The van der Waals surface area contributed by atoms with Gasteiger partial charge < -0.3 is 9.84 Å². The third kappa shape index (κ3) is 3.97. The number of hydrogen-bond acceptors (Lipinski definition) is 2. The van der Waals surface area contributed by atoms with Crippen LogP contribution in [0.5, 0.6) is 5.75 Å². The Kier molecular flexibility index (Phi) is 6.02. The molecule has 0 spiro atoms. The lowest BCUT2D eigenvalue weighted by atomic mass is 9.89. The van der Waals surface area contributed by atoms with E-state index in [-0.39, 0.29) is 0 Å². The Labute approximate surface area is 144 Å².